The molecule has 1 aromatic heterocycles. The van der Waals surface area contributed by atoms with Gasteiger partial charge in [-0.2, -0.15) is 0 Å². The molecule has 0 aliphatic carbocycles. The van der Waals surface area contributed by atoms with E-state index in [0.29, 0.717) is 17.2 Å². The number of anilines is 2. The highest BCUT2D eigenvalue weighted by Crippen LogP contribution is 2.22. The summed E-state index contributed by atoms with van der Waals surface area (Å²) in [6, 6.07) is 15.2. The maximum absolute atomic E-state index is 12.2. The van der Waals surface area contributed by atoms with Crippen LogP contribution in [0.2, 0.25) is 0 Å². The lowest BCUT2D eigenvalue weighted by molar-refractivity contribution is 0.101. The Balaban J connectivity index is 1.77. The minimum absolute atomic E-state index is 0.00313. The Kier molecular flexibility index (Phi) is 6.36. The largest absolute Gasteiger partial charge is 0.396 e. The molecule has 2 aromatic carbocycles. The van der Waals surface area contributed by atoms with Crippen molar-refractivity contribution in [3.63, 3.8) is 0 Å². The fraction of sp³-hybridized carbons (Fsp3) is 0.190. The maximum Gasteiger partial charge on any atom is 0.227 e. The first kappa shape index (κ1) is 20.6. The number of Topliss-reactive ketones (excluding diaryl/α,β-unsaturated/α-hetero) is 1. The minimum atomic E-state index is -3.41. The highest BCUT2D eigenvalue weighted by atomic mass is 32.2. The third-order valence-electron chi connectivity index (χ3n) is 4.28. The molecule has 0 unspecified atom stereocenters. The van der Waals surface area contributed by atoms with Gasteiger partial charge in [0.05, 0.1) is 16.3 Å². The normalized spacial score (nSPS) is 11.2. The number of aliphatic hydroxyl groups is 1. The molecular formula is C21H21N3O4S. The van der Waals surface area contributed by atoms with Crippen LogP contribution in [-0.2, 0) is 9.84 Å². The number of carbonyl (C=O) groups is 1. The van der Waals surface area contributed by atoms with Gasteiger partial charge in [-0.3, -0.25) is 4.79 Å². The van der Waals surface area contributed by atoms with E-state index in [1.807, 2.05) is 0 Å². The molecule has 8 heteroatoms. The number of nitrogens with zero attached hydrogens (tertiary/aromatic N) is 2. The summed E-state index contributed by atoms with van der Waals surface area (Å²) in [5, 5.41) is 11.9. The zero-order chi connectivity index (χ0) is 20.9. The van der Waals surface area contributed by atoms with Gasteiger partial charge in [0, 0.05) is 29.6 Å². The zero-order valence-corrected chi connectivity index (χ0v) is 16.7. The summed E-state index contributed by atoms with van der Waals surface area (Å²) in [7, 11) is -3.41. The van der Waals surface area contributed by atoms with E-state index in [2.05, 4.69) is 15.3 Å². The summed E-state index contributed by atoms with van der Waals surface area (Å²) in [5.41, 5.74) is 2.77. The summed E-state index contributed by atoms with van der Waals surface area (Å²) >= 11 is 0. The van der Waals surface area contributed by atoms with E-state index < -0.39 is 9.84 Å². The molecule has 1 heterocycles. The standard InChI is InChI=1S/C21H21N3O4S/c1-15(26)16-3-7-18(8-4-16)23-21-22-12-11-20(24-21)17-5-9-19(10-6-17)29(27,28)14-2-13-25/h3-12,25H,2,13-14H2,1H3,(H,22,23,24). The number of rotatable bonds is 8. The van der Waals surface area contributed by atoms with Crippen molar-refractivity contribution in [2.75, 3.05) is 17.7 Å². The van der Waals surface area contributed by atoms with E-state index in [0.717, 1.165) is 11.3 Å². The van der Waals surface area contributed by atoms with E-state index in [4.69, 9.17) is 5.11 Å². The van der Waals surface area contributed by atoms with Crippen LogP contribution in [0.1, 0.15) is 23.7 Å². The lowest BCUT2D eigenvalue weighted by atomic mass is 10.1. The molecule has 0 fully saturated rings. The number of nitrogens with one attached hydrogen (secondary N) is 1. The Bertz CT molecular complexity index is 1100. The first-order valence-electron chi connectivity index (χ1n) is 9.04. The molecule has 0 atom stereocenters. The number of hydrogen-bond acceptors (Lipinski definition) is 7. The van der Waals surface area contributed by atoms with Crippen molar-refractivity contribution in [2.45, 2.75) is 18.2 Å². The Morgan fingerprint density at radius 3 is 2.34 bits per heavy atom. The highest BCUT2D eigenvalue weighted by Gasteiger charge is 2.14. The van der Waals surface area contributed by atoms with Crippen LogP contribution < -0.4 is 5.32 Å². The van der Waals surface area contributed by atoms with Crippen LogP contribution in [0.15, 0.2) is 65.7 Å². The third-order valence-corrected chi connectivity index (χ3v) is 6.10. The van der Waals surface area contributed by atoms with Crippen molar-refractivity contribution < 1.29 is 18.3 Å². The van der Waals surface area contributed by atoms with Crippen molar-refractivity contribution in [1.82, 2.24) is 9.97 Å². The summed E-state index contributed by atoms with van der Waals surface area (Å²) < 4.78 is 24.4. The monoisotopic (exact) mass is 411 g/mol. The molecular weight excluding hydrogens is 390 g/mol. The Hall–Kier alpha value is -3.10. The van der Waals surface area contributed by atoms with E-state index in [-0.39, 0.29) is 29.5 Å². The molecule has 29 heavy (non-hydrogen) atoms. The van der Waals surface area contributed by atoms with Gasteiger partial charge in [0.25, 0.3) is 0 Å². The van der Waals surface area contributed by atoms with Gasteiger partial charge >= 0.3 is 0 Å². The number of aliphatic hydroxyl groups excluding tert-OH is 1. The molecule has 0 bridgehead atoms. The average molecular weight is 411 g/mol. The minimum Gasteiger partial charge on any atom is -0.396 e. The second-order valence-corrected chi connectivity index (χ2v) is 8.55. The van der Waals surface area contributed by atoms with Gasteiger partial charge in [-0.05, 0) is 55.8 Å². The summed E-state index contributed by atoms with van der Waals surface area (Å²) in [6.45, 7) is 1.35. The number of ketones is 1. The molecule has 3 rings (SSSR count). The quantitative estimate of drug-likeness (QED) is 0.548. The zero-order valence-electron chi connectivity index (χ0n) is 15.9. The van der Waals surface area contributed by atoms with Gasteiger partial charge in [0.15, 0.2) is 15.6 Å². The first-order valence-corrected chi connectivity index (χ1v) is 10.7. The van der Waals surface area contributed by atoms with E-state index in [1.54, 1.807) is 48.7 Å². The Labute approximate surface area is 169 Å². The number of hydrogen-bond donors (Lipinski definition) is 2. The van der Waals surface area contributed by atoms with E-state index in [1.165, 1.54) is 19.1 Å². The lowest BCUT2D eigenvalue weighted by Gasteiger charge is -2.08. The van der Waals surface area contributed by atoms with Gasteiger partial charge in [-0.1, -0.05) is 12.1 Å². The average Bonchev–Trinajstić information content (AvgIpc) is 2.73. The smallest absolute Gasteiger partial charge is 0.227 e. The van der Waals surface area contributed by atoms with Crippen molar-refractivity contribution in [3.8, 4) is 11.3 Å². The number of carbonyl (C=O) groups excluding carboxylic acids is 1. The molecule has 3 aromatic rings. The molecule has 150 valence electrons. The van der Waals surface area contributed by atoms with Crippen LogP contribution in [0.3, 0.4) is 0 Å². The second kappa shape index (κ2) is 8.93. The maximum atomic E-state index is 12.2. The molecule has 0 saturated carbocycles. The molecule has 0 aliphatic heterocycles. The van der Waals surface area contributed by atoms with Crippen molar-refractivity contribution in [2.24, 2.45) is 0 Å². The first-order chi connectivity index (χ1) is 13.9. The predicted molar refractivity (Wildman–Crippen MR) is 111 cm³/mol. The second-order valence-electron chi connectivity index (χ2n) is 6.44. The fourth-order valence-corrected chi connectivity index (χ4v) is 4.00. The van der Waals surface area contributed by atoms with Crippen LogP contribution in [0, 0.1) is 0 Å². The van der Waals surface area contributed by atoms with Crippen molar-refractivity contribution in [3.05, 3.63) is 66.4 Å². The molecule has 0 spiro atoms. The summed E-state index contributed by atoms with van der Waals surface area (Å²) in [4.78, 5) is 20.2. The van der Waals surface area contributed by atoms with Gasteiger partial charge in [0.2, 0.25) is 5.95 Å². The van der Waals surface area contributed by atoms with E-state index >= 15 is 0 Å². The molecule has 0 saturated heterocycles. The number of aromatic nitrogens is 2. The summed E-state index contributed by atoms with van der Waals surface area (Å²) in [6.07, 6.45) is 1.82. The van der Waals surface area contributed by atoms with Crippen LogP contribution in [-0.4, -0.2) is 41.6 Å². The topological polar surface area (TPSA) is 109 Å². The van der Waals surface area contributed by atoms with Gasteiger partial charge in [-0.25, -0.2) is 18.4 Å². The Morgan fingerprint density at radius 1 is 1.03 bits per heavy atom. The van der Waals surface area contributed by atoms with Gasteiger partial charge < -0.3 is 10.4 Å². The molecule has 0 aliphatic rings. The van der Waals surface area contributed by atoms with Crippen LogP contribution in [0.5, 0.6) is 0 Å². The fourth-order valence-electron chi connectivity index (χ4n) is 2.70. The Morgan fingerprint density at radius 2 is 1.72 bits per heavy atom. The van der Waals surface area contributed by atoms with Crippen LogP contribution in [0.4, 0.5) is 11.6 Å². The van der Waals surface area contributed by atoms with Gasteiger partial charge in [-0.15, -0.1) is 0 Å². The molecule has 0 radical (unpaired) electrons. The van der Waals surface area contributed by atoms with Crippen molar-refractivity contribution >= 4 is 27.3 Å². The van der Waals surface area contributed by atoms with Crippen molar-refractivity contribution in [1.29, 1.82) is 0 Å². The number of benzene rings is 2. The molecule has 2 N–H and O–H groups in total. The molecule has 7 nitrogen and oxygen atoms in total. The SMILES string of the molecule is CC(=O)c1ccc(Nc2nccc(-c3ccc(S(=O)(=O)CCCO)cc3)n2)cc1. The molecule has 0 amide bonds. The van der Waals surface area contributed by atoms with E-state index in [9.17, 15) is 13.2 Å². The lowest BCUT2D eigenvalue weighted by Crippen LogP contribution is -2.08. The predicted octanol–water partition coefficient (Wildman–Crippen LogP) is 3.25. The van der Waals surface area contributed by atoms with Crippen LogP contribution in [0.25, 0.3) is 11.3 Å². The highest BCUT2D eigenvalue weighted by molar-refractivity contribution is 7.91. The summed E-state index contributed by atoms with van der Waals surface area (Å²) in [5.74, 6) is 0.293. The van der Waals surface area contributed by atoms with Crippen LogP contribution >= 0.6 is 0 Å². The number of sulfone groups is 1. The van der Waals surface area contributed by atoms with Gasteiger partial charge in [0.1, 0.15) is 0 Å². The third kappa shape index (κ3) is 5.24.